The van der Waals surface area contributed by atoms with E-state index < -0.39 is 0 Å². The Morgan fingerprint density at radius 3 is 2.33 bits per heavy atom. The van der Waals surface area contributed by atoms with E-state index >= 15 is 0 Å². The highest BCUT2D eigenvalue weighted by Gasteiger charge is 1.98. The second kappa shape index (κ2) is 9.88. The first-order valence-corrected chi connectivity index (χ1v) is 4.89. The second-order valence-corrected chi connectivity index (χ2v) is 3.82. The van der Waals surface area contributed by atoms with Crippen molar-refractivity contribution in [1.82, 2.24) is 0 Å². The molecule has 0 aliphatic rings. The number of hydrogen-bond donors (Lipinski definition) is 0. The van der Waals surface area contributed by atoms with Gasteiger partial charge in [0.25, 0.3) is 0 Å². The van der Waals surface area contributed by atoms with Gasteiger partial charge >= 0.3 is 23.1 Å². The standard InChI is InChI=1S/C10H19Cl.Mg.2H/c1-9(2)5-4-6-10(3)7-8-11;;;/h5,10H,4,6-8H2,1-3H3;;;. The third-order valence-corrected chi connectivity index (χ3v) is 2.03. The predicted molar refractivity (Wildman–Crippen MR) is 61.7 cm³/mol. The fourth-order valence-corrected chi connectivity index (χ4v) is 1.36. The molecule has 0 aliphatic carbocycles. The number of alkyl halides is 1. The summed E-state index contributed by atoms with van der Waals surface area (Å²) in [6.45, 7) is 6.56. The first-order chi connectivity index (χ1) is 5.16. The van der Waals surface area contributed by atoms with Crippen molar-refractivity contribution in [3.05, 3.63) is 11.6 Å². The minimum Gasteiger partial charge on any atom is -0.127 e. The Kier molecular flexibility index (Phi) is 12.6. The molecule has 2 heteroatoms. The fourth-order valence-electron chi connectivity index (χ4n) is 0.987. The van der Waals surface area contributed by atoms with E-state index in [-0.39, 0.29) is 23.1 Å². The van der Waals surface area contributed by atoms with Crippen molar-refractivity contribution in [3.63, 3.8) is 0 Å². The van der Waals surface area contributed by atoms with Crippen LogP contribution < -0.4 is 0 Å². The Morgan fingerprint density at radius 2 is 1.92 bits per heavy atom. The molecule has 0 bridgehead atoms. The zero-order valence-electron chi connectivity index (χ0n) is 7.86. The number of allylic oxidation sites excluding steroid dienone is 2. The summed E-state index contributed by atoms with van der Waals surface area (Å²) < 4.78 is 0. The lowest BCUT2D eigenvalue weighted by Gasteiger charge is -2.06. The van der Waals surface area contributed by atoms with Crippen molar-refractivity contribution in [2.45, 2.75) is 40.0 Å². The molecular formula is C10H21ClMg. The van der Waals surface area contributed by atoms with Crippen LogP contribution in [0.15, 0.2) is 11.6 Å². The third-order valence-electron chi connectivity index (χ3n) is 1.81. The summed E-state index contributed by atoms with van der Waals surface area (Å²) in [4.78, 5) is 0. The van der Waals surface area contributed by atoms with Crippen LogP contribution in [0, 0.1) is 5.92 Å². The Morgan fingerprint density at radius 1 is 1.33 bits per heavy atom. The summed E-state index contributed by atoms with van der Waals surface area (Å²) in [7, 11) is 0. The van der Waals surface area contributed by atoms with Crippen LogP contribution >= 0.6 is 11.6 Å². The van der Waals surface area contributed by atoms with Crippen molar-refractivity contribution < 1.29 is 0 Å². The molecule has 0 nitrogen and oxygen atoms in total. The van der Waals surface area contributed by atoms with E-state index in [1.165, 1.54) is 18.4 Å². The maximum atomic E-state index is 5.62. The molecule has 0 spiro atoms. The minimum absolute atomic E-state index is 0. The van der Waals surface area contributed by atoms with Gasteiger partial charge in [0.15, 0.2) is 0 Å². The summed E-state index contributed by atoms with van der Waals surface area (Å²) in [6.07, 6.45) is 5.93. The van der Waals surface area contributed by atoms with Gasteiger partial charge in [0.1, 0.15) is 0 Å². The summed E-state index contributed by atoms with van der Waals surface area (Å²) in [5.41, 5.74) is 1.42. The third kappa shape index (κ3) is 10.8. The van der Waals surface area contributed by atoms with Crippen LogP contribution in [0.3, 0.4) is 0 Å². The van der Waals surface area contributed by atoms with Crippen LogP contribution in [-0.4, -0.2) is 28.9 Å². The van der Waals surface area contributed by atoms with Crippen LogP contribution in [-0.2, 0) is 0 Å². The van der Waals surface area contributed by atoms with E-state index in [1.54, 1.807) is 0 Å². The Labute approximate surface area is 97.9 Å². The SMILES string of the molecule is CC(C)=CCCC(C)CCCl.[MgH2]. The van der Waals surface area contributed by atoms with Crippen molar-refractivity contribution in [2.24, 2.45) is 5.92 Å². The fraction of sp³-hybridized carbons (Fsp3) is 0.800. The highest BCUT2D eigenvalue weighted by atomic mass is 35.5. The molecule has 1 unspecified atom stereocenters. The highest BCUT2D eigenvalue weighted by molar-refractivity contribution is 6.17. The average Bonchev–Trinajstić information content (AvgIpc) is 1.87. The Balaban J connectivity index is 0. The molecule has 0 saturated heterocycles. The molecule has 0 aromatic rings. The van der Waals surface area contributed by atoms with E-state index in [4.69, 9.17) is 11.6 Å². The minimum atomic E-state index is 0. The summed E-state index contributed by atoms with van der Waals surface area (Å²) in [6, 6.07) is 0. The Bertz CT molecular complexity index is 117. The Hall–Kier alpha value is 0.796. The number of halogens is 1. The molecule has 12 heavy (non-hydrogen) atoms. The lowest BCUT2D eigenvalue weighted by atomic mass is 10.0. The van der Waals surface area contributed by atoms with Gasteiger partial charge in [-0.3, -0.25) is 0 Å². The van der Waals surface area contributed by atoms with E-state index in [2.05, 4.69) is 26.8 Å². The van der Waals surface area contributed by atoms with Gasteiger partial charge < -0.3 is 0 Å². The van der Waals surface area contributed by atoms with E-state index in [0.29, 0.717) is 0 Å². The van der Waals surface area contributed by atoms with Crippen LogP contribution in [0.25, 0.3) is 0 Å². The summed E-state index contributed by atoms with van der Waals surface area (Å²) in [5.74, 6) is 1.58. The first-order valence-electron chi connectivity index (χ1n) is 4.36. The average molecular weight is 201 g/mol. The van der Waals surface area contributed by atoms with E-state index in [0.717, 1.165) is 18.2 Å². The van der Waals surface area contributed by atoms with Gasteiger partial charge in [-0.05, 0) is 39.0 Å². The first kappa shape index (κ1) is 15.3. The number of rotatable bonds is 5. The summed E-state index contributed by atoms with van der Waals surface area (Å²) >= 11 is 5.62. The van der Waals surface area contributed by atoms with Gasteiger partial charge in [-0.1, -0.05) is 18.6 Å². The van der Waals surface area contributed by atoms with Crippen LogP contribution in [0.2, 0.25) is 0 Å². The smallest absolute Gasteiger partial charge is 0.127 e. The molecule has 0 saturated carbocycles. The molecular weight excluding hydrogens is 180 g/mol. The van der Waals surface area contributed by atoms with Gasteiger partial charge in [-0.25, -0.2) is 0 Å². The van der Waals surface area contributed by atoms with Crippen LogP contribution in [0.1, 0.15) is 40.0 Å². The molecule has 0 fully saturated rings. The van der Waals surface area contributed by atoms with E-state index in [1.807, 2.05) is 0 Å². The molecule has 1 atom stereocenters. The molecule has 0 N–H and O–H groups in total. The quantitative estimate of drug-likeness (QED) is 0.364. The van der Waals surface area contributed by atoms with Crippen molar-refractivity contribution in [3.8, 4) is 0 Å². The molecule has 70 valence electrons. The molecule has 0 heterocycles. The lowest BCUT2D eigenvalue weighted by molar-refractivity contribution is 0.524. The molecule has 0 aromatic heterocycles. The zero-order valence-corrected chi connectivity index (χ0v) is 8.62. The molecule has 0 aliphatic heterocycles. The zero-order chi connectivity index (χ0) is 8.69. The van der Waals surface area contributed by atoms with Gasteiger partial charge in [-0.2, -0.15) is 0 Å². The van der Waals surface area contributed by atoms with Gasteiger partial charge in [-0.15, -0.1) is 11.6 Å². The maximum absolute atomic E-state index is 5.62. The van der Waals surface area contributed by atoms with Crippen molar-refractivity contribution >= 4 is 34.7 Å². The number of hydrogen-bond acceptors (Lipinski definition) is 0. The predicted octanol–water partition coefficient (Wildman–Crippen LogP) is 3.08. The largest absolute Gasteiger partial charge is 0.316 e. The maximum Gasteiger partial charge on any atom is 0.316 e. The topological polar surface area (TPSA) is 0 Å². The second-order valence-electron chi connectivity index (χ2n) is 3.44. The van der Waals surface area contributed by atoms with Crippen LogP contribution in [0.5, 0.6) is 0 Å². The monoisotopic (exact) mass is 200 g/mol. The summed E-state index contributed by atoms with van der Waals surface area (Å²) in [5, 5.41) is 0. The van der Waals surface area contributed by atoms with Gasteiger partial charge in [0.05, 0.1) is 0 Å². The van der Waals surface area contributed by atoms with E-state index in [9.17, 15) is 0 Å². The van der Waals surface area contributed by atoms with Crippen LogP contribution in [0.4, 0.5) is 0 Å². The lowest BCUT2D eigenvalue weighted by Crippen LogP contribution is -1.94. The van der Waals surface area contributed by atoms with Crippen molar-refractivity contribution in [2.75, 3.05) is 5.88 Å². The molecule has 0 rings (SSSR count). The van der Waals surface area contributed by atoms with Gasteiger partial charge in [0, 0.05) is 5.88 Å². The van der Waals surface area contributed by atoms with Gasteiger partial charge in [0.2, 0.25) is 0 Å². The normalized spacial score (nSPS) is 11.7. The van der Waals surface area contributed by atoms with Crippen molar-refractivity contribution in [1.29, 1.82) is 0 Å². The molecule has 0 aromatic carbocycles. The molecule has 0 amide bonds. The molecule has 0 radical (unpaired) electrons. The highest BCUT2D eigenvalue weighted by Crippen LogP contribution is 2.11.